The molecule has 2 bridgehead atoms. The maximum absolute atomic E-state index is 12.3. The summed E-state index contributed by atoms with van der Waals surface area (Å²) in [6.45, 7) is 4.08. The fourth-order valence-electron chi connectivity index (χ4n) is 5.05. The van der Waals surface area contributed by atoms with Crippen LogP contribution in [0.5, 0.6) is 5.75 Å². The Morgan fingerprint density at radius 3 is 2.85 bits per heavy atom. The van der Waals surface area contributed by atoms with Gasteiger partial charge in [-0.2, -0.15) is 0 Å². The molecule has 1 heterocycles. The highest BCUT2D eigenvalue weighted by atomic mass is 16.5. The SMILES string of the molecule is CCc1cc(=O)oc2cc(OCC(=O)NC(C)C3CC4CCC3C4)ccc12. The van der Waals surface area contributed by atoms with E-state index < -0.39 is 0 Å². The molecule has 5 nitrogen and oxygen atoms in total. The summed E-state index contributed by atoms with van der Waals surface area (Å²) in [7, 11) is 0. The molecule has 0 aliphatic heterocycles. The normalized spacial score (nSPS) is 24.9. The van der Waals surface area contributed by atoms with Crippen molar-refractivity contribution in [2.24, 2.45) is 17.8 Å². The molecule has 2 aliphatic carbocycles. The summed E-state index contributed by atoms with van der Waals surface area (Å²) < 4.78 is 10.9. The largest absolute Gasteiger partial charge is 0.484 e. The lowest BCUT2D eigenvalue weighted by Crippen LogP contribution is -2.42. The van der Waals surface area contributed by atoms with Crippen molar-refractivity contribution < 1.29 is 13.9 Å². The molecule has 1 aromatic carbocycles. The number of fused-ring (bicyclic) bond motifs is 3. The lowest BCUT2D eigenvalue weighted by molar-refractivity contribution is -0.124. The zero-order valence-corrected chi connectivity index (χ0v) is 16.0. The quantitative estimate of drug-likeness (QED) is 0.789. The van der Waals surface area contributed by atoms with E-state index in [1.807, 2.05) is 19.1 Å². The highest BCUT2D eigenvalue weighted by molar-refractivity contribution is 5.82. The molecule has 1 aromatic heterocycles. The average Bonchev–Trinajstić information content (AvgIpc) is 3.28. The zero-order chi connectivity index (χ0) is 19.0. The highest BCUT2D eigenvalue weighted by Crippen LogP contribution is 2.49. The van der Waals surface area contributed by atoms with Crippen molar-refractivity contribution in [1.29, 1.82) is 0 Å². The number of amides is 1. The van der Waals surface area contributed by atoms with E-state index in [9.17, 15) is 9.59 Å². The predicted octanol–water partition coefficient (Wildman–Crippen LogP) is 3.68. The third-order valence-corrected chi connectivity index (χ3v) is 6.38. The standard InChI is InChI=1S/C22H27NO4/c1-3-15-10-22(25)27-20-11-17(6-7-18(15)20)26-12-21(24)23-13(2)19-9-14-4-5-16(19)8-14/h6-7,10-11,13-14,16,19H,3-5,8-9,12H2,1-2H3,(H,23,24). The molecule has 1 N–H and O–H groups in total. The van der Waals surface area contributed by atoms with Crippen molar-refractivity contribution >= 4 is 16.9 Å². The van der Waals surface area contributed by atoms with Crippen molar-refractivity contribution in [1.82, 2.24) is 5.32 Å². The van der Waals surface area contributed by atoms with Crippen LogP contribution in [0.4, 0.5) is 0 Å². The van der Waals surface area contributed by atoms with E-state index in [1.165, 1.54) is 31.7 Å². The van der Waals surface area contributed by atoms with Gasteiger partial charge >= 0.3 is 5.63 Å². The Morgan fingerprint density at radius 1 is 1.30 bits per heavy atom. The number of hydrogen-bond donors (Lipinski definition) is 1. The Hall–Kier alpha value is -2.30. The van der Waals surface area contributed by atoms with Gasteiger partial charge in [0.15, 0.2) is 6.61 Å². The van der Waals surface area contributed by atoms with E-state index in [4.69, 9.17) is 9.15 Å². The second kappa shape index (κ2) is 7.37. The summed E-state index contributed by atoms with van der Waals surface area (Å²) >= 11 is 0. The maximum atomic E-state index is 12.3. The molecule has 2 aliphatic rings. The molecule has 144 valence electrons. The Kier molecular flexibility index (Phi) is 4.94. The molecule has 4 atom stereocenters. The third-order valence-electron chi connectivity index (χ3n) is 6.38. The Balaban J connectivity index is 1.36. The van der Waals surface area contributed by atoms with Crippen LogP contribution in [0.15, 0.2) is 33.5 Å². The molecule has 1 amide bonds. The van der Waals surface area contributed by atoms with Gasteiger partial charge in [0.05, 0.1) is 0 Å². The van der Waals surface area contributed by atoms with Crippen molar-refractivity contribution in [3.63, 3.8) is 0 Å². The van der Waals surface area contributed by atoms with Gasteiger partial charge in [-0.3, -0.25) is 4.79 Å². The molecule has 2 fully saturated rings. The molecule has 4 rings (SSSR count). The molecule has 27 heavy (non-hydrogen) atoms. The fraction of sp³-hybridized carbons (Fsp3) is 0.545. The number of benzene rings is 1. The number of carbonyl (C=O) groups is 1. The number of ether oxygens (including phenoxy) is 1. The third kappa shape index (κ3) is 3.73. The monoisotopic (exact) mass is 369 g/mol. The summed E-state index contributed by atoms with van der Waals surface area (Å²) in [4.78, 5) is 24.0. The van der Waals surface area contributed by atoms with Gasteiger partial charge in [-0.1, -0.05) is 13.3 Å². The molecule has 5 heteroatoms. The van der Waals surface area contributed by atoms with E-state index in [0.29, 0.717) is 17.3 Å². The van der Waals surface area contributed by atoms with E-state index in [2.05, 4.69) is 12.2 Å². The molecule has 4 unspecified atom stereocenters. The van der Waals surface area contributed by atoms with Crippen LogP contribution in [0.1, 0.15) is 45.1 Å². The predicted molar refractivity (Wildman–Crippen MR) is 104 cm³/mol. The lowest BCUT2D eigenvalue weighted by Gasteiger charge is -2.28. The fourth-order valence-corrected chi connectivity index (χ4v) is 5.05. The van der Waals surface area contributed by atoms with Gasteiger partial charge in [0.2, 0.25) is 0 Å². The smallest absolute Gasteiger partial charge is 0.336 e. The second-order valence-corrected chi connectivity index (χ2v) is 8.09. The van der Waals surface area contributed by atoms with Gasteiger partial charge in [-0.25, -0.2) is 4.79 Å². The van der Waals surface area contributed by atoms with Crippen LogP contribution in [-0.4, -0.2) is 18.6 Å². The summed E-state index contributed by atoms with van der Waals surface area (Å²) in [5.74, 6) is 2.68. The molecule has 2 aromatic rings. The second-order valence-electron chi connectivity index (χ2n) is 8.09. The van der Waals surface area contributed by atoms with Crippen LogP contribution in [-0.2, 0) is 11.2 Å². The first-order valence-corrected chi connectivity index (χ1v) is 10.0. The van der Waals surface area contributed by atoms with E-state index >= 15 is 0 Å². The minimum absolute atomic E-state index is 0.0334. The van der Waals surface area contributed by atoms with Gasteiger partial charge in [-0.05, 0) is 68.1 Å². The first-order chi connectivity index (χ1) is 13.0. The summed E-state index contributed by atoms with van der Waals surface area (Å²) in [5, 5.41) is 4.01. The summed E-state index contributed by atoms with van der Waals surface area (Å²) in [6.07, 6.45) is 6.02. The van der Waals surface area contributed by atoms with Gasteiger partial charge in [-0.15, -0.1) is 0 Å². The molecular weight excluding hydrogens is 342 g/mol. The molecular formula is C22H27NO4. The Bertz CT molecular complexity index is 903. The van der Waals surface area contributed by atoms with Crippen molar-refractivity contribution in [2.45, 2.75) is 52.0 Å². The highest BCUT2D eigenvalue weighted by Gasteiger charge is 2.42. The molecule has 0 saturated heterocycles. The Labute approximate surface area is 159 Å². The molecule has 0 radical (unpaired) electrons. The van der Waals surface area contributed by atoms with E-state index in [0.717, 1.165) is 29.2 Å². The number of nitrogens with one attached hydrogen (secondary N) is 1. The van der Waals surface area contributed by atoms with Crippen molar-refractivity contribution in [2.75, 3.05) is 6.61 Å². The van der Waals surface area contributed by atoms with E-state index in [-0.39, 0.29) is 24.2 Å². The zero-order valence-electron chi connectivity index (χ0n) is 16.0. The maximum Gasteiger partial charge on any atom is 0.336 e. The first-order valence-electron chi connectivity index (χ1n) is 10.0. The van der Waals surface area contributed by atoms with Crippen LogP contribution in [0.3, 0.4) is 0 Å². The van der Waals surface area contributed by atoms with Crippen molar-refractivity contribution in [3.8, 4) is 5.75 Å². The van der Waals surface area contributed by atoms with Gasteiger partial charge in [0.1, 0.15) is 11.3 Å². The van der Waals surface area contributed by atoms with Crippen LogP contribution >= 0.6 is 0 Å². The number of hydrogen-bond acceptors (Lipinski definition) is 4. The molecule has 0 spiro atoms. The Morgan fingerprint density at radius 2 is 2.15 bits per heavy atom. The van der Waals surface area contributed by atoms with E-state index in [1.54, 1.807) is 6.07 Å². The number of carbonyl (C=O) groups excluding carboxylic acids is 1. The molecule has 2 saturated carbocycles. The first kappa shape index (κ1) is 18.1. The number of rotatable bonds is 6. The summed E-state index contributed by atoms with van der Waals surface area (Å²) in [5.41, 5.74) is 1.08. The van der Waals surface area contributed by atoms with Gasteiger partial charge in [0.25, 0.3) is 5.91 Å². The minimum Gasteiger partial charge on any atom is -0.484 e. The van der Waals surface area contributed by atoms with Gasteiger partial charge < -0.3 is 14.5 Å². The van der Waals surface area contributed by atoms with Crippen LogP contribution in [0, 0.1) is 17.8 Å². The van der Waals surface area contributed by atoms with Crippen LogP contribution in [0.25, 0.3) is 11.0 Å². The van der Waals surface area contributed by atoms with Crippen molar-refractivity contribution in [3.05, 3.63) is 40.2 Å². The topological polar surface area (TPSA) is 68.5 Å². The lowest BCUT2D eigenvalue weighted by atomic mass is 9.84. The minimum atomic E-state index is -0.367. The van der Waals surface area contributed by atoms with Crippen LogP contribution < -0.4 is 15.7 Å². The average molecular weight is 369 g/mol. The number of aryl methyl sites for hydroxylation is 1. The summed E-state index contributed by atoms with van der Waals surface area (Å²) in [6, 6.07) is 7.09. The van der Waals surface area contributed by atoms with Crippen LogP contribution in [0.2, 0.25) is 0 Å². The van der Waals surface area contributed by atoms with Gasteiger partial charge in [0, 0.05) is 23.6 Å².